The van der Waals surface area contributed by atoms with Gasteiger partial charge in [-0.25, -0.2) is 14.4 Å². The summed E-state index contributed by atoms with van der Waals surface area (Å²) in [5, 5.41) is 7.36. The summed E-state index contributed by atoms with van der Waals surface area (Å²) in [6.07, 6.45) is 3.53. The third kappa shape index (κ3) is 2.34. The van der Waals surface area contributed by atoms with Crippen molar-refractivity contribution in [3.8, 4) is 5.95 Å². The lowest BCUT2D eigenvalue weighted by Crippen LogP contribution is -2.25. The largest absolute Gasteiger partial charge is 0.310 e. The van der Waals surface area contributed by atoms with Gasteiger partial charge in [0, 0.05) is 30.3 Å². The minimum absolute atomic E-state index is 0.117. The van der Waals surface area contributed by atoms with E-state index in [0.717, 1.165) is 16.8 Å². The van der Waals surface area contributed by atoms with Gasteiger partial charge in [0.05, 0.1) is 5.69 Å². The van der Waals surface area contributed by atoms with E-state index in [2.05, 4.69) is 20.4 Å². The van der Waals surface area contributed by atoms with Crippen molar-refractivity contribution in [2.75, 3.05) is 5.32 Å². The molecule has 1 aromatic carbocycles. The van der Waals surface area contributed by atoms with E-state index in [4.69, 9.17) is 0 Å². The van der Waals surface area contributed by atoms with Crippen LogP contribution in [0.4, 0.5) is 10.2 Å². The van der Waals surface area contributed by atoms with Crippen molar-refractivity contribution in [3.63, 3.8) is 0 Å². The molecule has 24 heavy (non-hydrogen) atoms. The third-order valence-electron chi connectivity index (χ3n) is 4.12. The fourth-order valence-electron chi connectivity index (χ4n) is 3.07. The lowest BCUT2D eigenvalue weighted by atomic mass is 9.86. The normalized spacial score (nSPS) is 16.6. The molecule has 1 aliphatic heterocycles. The van der Waals surface area contributed by atoms with E-state index in [1.807, 2.05) is 6.92 Å². The van der Waals surface area contributed by atoms with Crippen LogP contribution in [-0.4, -0.2) is 25.7 Å². The molecule has 1 amide bonds. The summed E-state index contributed by atoms with van der Waals surface area (Å²) in [6, 6.07) is 7.94. The number of rotatable bonds is 2. The van der Waals surface area contributed by atoms with Crippen LogP contribution in [0.15, 0.2) is 42.7 Å². The van der Waals surface area contributed by atoms with E-state index >= 15 is 0 Å². The molecule has 4 rings (SSSR count). The van der Waals surface area contributed by atoms with Crippen molar-refractivity contribution >= 4 is 11.7 Å². The Kier molecular flexibility index (Phi) is 3.34. The van der Waals surface area contributed by atoms with Crippen LogP contribution in [0.5, 0.6) is 0 Å². The van der Waals surface area contributed by atoms with Gasteiger partial charge in [-0.2, -0.15) is 9.78 Å². The van der Waals surface area contributed by atoms with E-state index in [-0.39, 0.29) is 17.6 Å². The number of halogens is 1. The standard InChI is InChI=1S/C17H14FN5O/c1-10-15-13(11-3-5-12(18)6-4-11)9-14(24)21-16(15)23(22-10)17-19-7-2-8-20-17/h2-8,13H,9H2,1H3,(H,21,24)/t13-/m1/s1. The van der Waals surface area contributed by atoms with Gasteiger partial charge >= 0.3 is 0 Å². The number of amides is 1. The van der Waals surface area contributed by atoms with Crippen molar-refractivity contribution in [2.45, 2.75) is 19.3 Å². The second-order valence-corrected chi connectivity index (χ2v) is 5.66. The minimum atomic E-state index is -0.302. The summed E-state index contributed by atoms with van der Waals surface area (Å²) in [7, 11) is 0. The summed E-state index contributed by atoms with van der Waals surface area (Å²) >= 11 is 0. The van der Waals surface area contributed by atoms with Gasteiger partial charge in [-0.05, 0) is 30.7 Å². The topological polar surface area (TPSA) is 72.7 Å². The van der Waals surface area contributed by atoms with Crippen molar-refractivity contribution in [2.24, 2.45) is 0 Å². The van der Waals surface area contributed by atoms with Gasteiger partial charge in [0.1, 0.15) is 11.6 Å². The summed E-state index contributed by atoms with van der Waals surface area (Å²) in [5.41, 5.74) is 2.57. The van der Waals surface area contributed by atoms with Gasteiger partial charge in [-0.3, -0.25) is 4.79 Å². The van der Waals surface area contributed by atoms with Gasteiger partial charge in [0.15, 0.2) is 0 Å². The van der Waals surface area contributed by atoms with Crippen molar-refractivity contribution in [1.29, 1.82) is 0 Å². The van der Waals surface area contributed by atoms with E-state index in [1.54, 1.807) is 30.6 Å². The molecule has 1 aliphatic rings. The maximum atomic E-state index is 13.2. The molecule has 2 aromatic heterocycles. The highest BCUT2D eigenvalue weighted by Gasteiger charge is 2.33. The molecule has 0 saturated heterocycles. The quantitative estimate of drug-likeness (QED) is 0.787. The fourth-order valence-corrected chi connectivity index (χ4v) is 3.07. The van der Waals surface area contributed by atoms with Crippen molar-refractivity contribution < 1.29 is 9.18 Å². The first-order chi connectivity index (χ1) is 11.6. The molecule has 0 radical (unpaired) electrons. The lowest BCUT2D eigenvalue weighted by molar-refractivity contribution is -0.116. The molecule has 0 saturated carbocycles. The molecule has 3 heterocycles. The monoisotopic (exact) mass is 323 g/mol. The summed E-state index contributed by atoms with van der Waals surface area (Å²) in [6.45, 7) is 1.88. The first-order valence-corrected chi connectivity index (χ1v) is 7.55. The number of hydrogen-bond donors (Lipinski definition) is 1. The molecule has 120 valence electrons. The number of anilines is 1. The zero-order chi connectivity index (χ0) is 16.7. The number of aromatic nitrogens is 4. The highest BCUT2D eigenvalue weighted by molar-refractivity contribution is 5.95. The summed E-state index contributed by atoms with van der Waals surface area (Å²) in [4.78, 5) is 20.6. The predicted molar refractivity (Wildman–Crippen MR) is 85.4 cm³/mol. The Morgan fingerprint density at radius 1 is 1.21 bits per heavy atom. The molecule has 0 aliphatic carbocycles. The maximum Gasteiger partial charge on any atom is 0.252 e. The van der Waals surface area contributed by atoms with Crippen LogP contribution in [0.3, 0.4) is 0 Å². The number of aryl methyl sites for hydroxylation is 1. The van der Waals surface area contributed by atoms with Gasteiger partial charge in [0.25, 0.3) is 5.95 Å². The number of hydrogen-bond acceptors (Lipinski definition) is 4. The first kappa shape index (κ1) is 14.5. The van der Waals surface area contributed by atoms with Crippen LogP contribution in [-0.2, 0) is 4.79 Å². The second kappa shape index (κ2) is 5.52. The zero-order valence-corrected chi connectivity index (χ0v) is 12.9. The Bertz CT molecular complexity index is 905. The van der Waals surface area contributed by atoms with Crippen molar-refractivity contribution in [3.05, 3.63) is 65.4 Å². The first-order valence-electron chi connectivity index (χ1n) is 7.55. The molecule has 0 unspecified atom stereocenters. The van der Waals surface area contributed by atoms with Crippen LogP contribution in [0, 0.1) is 12.7 Å². The third-order valence-corrected chi connectivity index (χ3v) is 4.12. The number of nitrogens with zero attached hydrogens (tertiary/aromatic N) is 4. The Labute approximate surface area is 137 Å². The van der Waals surface area contributed by atoms with Gasteiger partial charge in [-0.1, -0.05) is 12.1 Å². The maximum absolute atomic E-state index is 13.2. The Morgan fingerprint density at radius 3 is 2.62 bits per heavy atom. The zero-order valence-electron chi connectivity index (χ0n) is 12.9. The molecule has 3 aromatic rings. The Balaban J connectivity index is 1.87. The molecule has 0 bridgehead atoms. The number of benzene rings is 1. The van der Waals surface area contributed by atoms with E-state index < -0.39 is 0 Å². The van der Waals surface area contributed by atoms with Crippen LogP contribution in [0.2, 0.25) is 0 Å². The van der Waals surface area contributed by atoms with Crippen LogP contribution >= 0.6 is 0 Å². The van der Waals surface area contributed by atoms with E-state index in [0.29, 0.717) is 18.2 Å². The molecule has 1 atom stereocenters. The minimum Gasteiger partial charge on any atom is -0.310 e. The van der Waals surface area contributed by atoms with Gasteiger partial charge < -0.3 is 5.32 Å². The molecular weight excluding hydrogens is 309 g/mol. The number of fused-ring (bicyclic) bond motifs is 1. The second-order valence-electron chi connectivity index (χ2n) is 5.66. The average molecular weight is 323 g/mol. The van der Waals surface area contributed by atoms with Gasteiger partial charge in [0.2, 0.25) is 5.91 Å². The van der Waals surface area contributed by atoms with E-state index in [9.17, 15) is 9.18 Å². The van der Waals surface area contributed by atoms with E-state index in [1.165, 1.54) is 16.8 Å². The smallest absolute Gasteiger partial charge is 0.252 e. The van der Waals surface area contributed by atoms with Gasteiger partial charge in [-0.15, -0.1) is 0 Å². The van der Waals surface area contributed by atoms with Crippen LogP contribution < -0.4 is 5.32 Å². The summed E-state index contributed by atoms with van der Waals surface area (Å²) < 4.78 is 14.8. The lowest BCUT2D eigenvalue weighted by Gasteiger charge is -2.24. The number of nitrogens with one attached hydrogen (secondary N) is 1. The molecule has 1 N–H and O–H groups in total. The summed E-state index contributed by atoms with van der Waals surface area (Å²) in [5.74, 6) is 0.372. The fraction of sp³-hybridized carbons (Fsp3) is 0.176. The highest BCUT2D eigenvalue weighted by atomic mass is 19.1. The SMILES string of the molecule is Cc1nn(-c2ncccn2)c2c1[C@@H](c1ccc(F)cc1)CC(=O)N2. The molecule has 0 spiro atoms. The molecular formula is C17H14FN5O. The predicted octanol–water partition coefficient (Wildman–Crippen LogP) is 2.58. The Hall–Kier alpha value is -3.09. The molecule has 6 nitrogen and oxygen atoms in total. The molecule has 0 fully saturated rings. The molecule has 7 heteroatoms. The van der Waals surface area contributed by atoms with Crippen LogP contribution in [0.25, 0.3) is 5.95 Å². The Morgan fingerprint density at radius 2 is 1.92 bits per heavy atom. The number of carbonyl (C=O) groups excluding carboxylic acids is 1. The van der Waals surface area contributed by atoms with Crippen LogP contribution in [0.1, 0.15) is 29.2 Å². The number of carbonyl (C=O) groups is 1. The highest BCUT2D eigenvalue weighted by Crippen LogP contribution is 2.39. The van der Waals surface area contributed by atoms with Crippen molar-refractivity contribution in [1.82, 2.24) is 19.7 Å². The average Bonchev–Trinajstić information content (AvgIpc) is 2.92.